The normalized spacial score (nSPS) is 29.5. The van der Waals surface area contributed by atoms with E-state index in [2.05, 4.69) is 18.3 Å². The summed E-state index contributed by atoms with van der Waals surface area (Å²) in [6.45, 7) is 2.13. The van der Waals surface area contributed by atoms with E-state index in [1.54, 1.807) is 0 Å². The second-order valence-electron chi connectivity index (χ2n) is 5.78. The number of amides is 1. The SMILES string of the molecule is CCc1ccccc1NC(=O)[C@@H]1C[C@H]2CC[C@H]1C2. The molecule has 2 bridgehead atoms. The number of anilines is 1. The fourth-order valence-electron chi connectivity index (χ4n) is 3.74. The lowest BCUT2D eigenvalue weighted by Crippen LogP contribution is -2.27. The molecule has 0 aliphatic heterocycles. The van der Waals surface area contributed by atoms with Gasteiger partial charge in [0.15, 0.2) is 0 Å². The second kappa shape index (κ2) is 4.75. The summed E-state index contributed by atoms with van der Waals surface area (Å²) < 4.78 is 0. The summed E-state index contributed by atoms with van der Waals surface area (Å²) in [5.74, 6) is 2.01. The molecule has 0 unspecified atom stereocenters. The average Bonchev–Trinajstić information content (AvgIpc) is 3.01. The van der Waals surface area contributed by atoms with Gasteiger partial charge in [0.05, 0.1) is 0 Å². The Morgan fingerprint density at radius 1 is 1.28 bits per heavy atom. The van der Waals surface area contributed by atoms with Crippen molar-refractivity contribution in [1.82, 2.24) is 0 Å². The fourth-order valence-corrected chi connectivity index (χ4v) is 3.74. The van der Waals surface area contributed by atoms with Gasteiger partial charge in [-0.3, -0.25) is 4.79 Å². The molecular formula is C16H21NO. The molecule has 2 aliphatic carbocycles. The van der Waals surface area contributed by atoms with Crippen molar-refractivity contribution in [2.45, 2.75) is 39.0 Å². The highest BCUT2D eigenvalue weighted by Gasteiger charge is 2.43. The number of fused-ring (bicyclic) bond motifs is 2. The van der Waals surface area contributed by atoms with Crippen LogP contribution in [0.4, 0.5) is 5.69 Å². The summed E-state index contributed by atoms with van der Waals surface area (Å²) in [6.07, 6.45) is 5.98. The van der Waals surface area contributed by atoms with E-state index in [0.29, 0.717) is 5.92 Å². The van der Waals surface area contributed by atoms with E-state index >= 15 is 0 Å². The highest BCUT2D eigenvalue weighted by Crippen LogP contribution is 2.48. The molecule has 3 atom stereocenters. The van der Waals surface area contributed by atoms with Crippen LogP contribution in [0.1, 0.15) is 38.2 Å². The summed E-state index contributed by atoms with van der Waals surface area (Å²) in [6, 6.07) is 8.14. The highest BCUT2D eigenvalue weighted by atomic mass is 16.1. The number of aryl methyl sites for hydroxylation is 1. The van der Waals surface area contributed by atoms with Crippen molar-refractivity contribution in [3.05, 3.63) is 29.8 Å². The standard InChI is InChI=1S/C16H21NO/c1-2-12-5-3-4-6-15(12)17-16(18)14-10-11-7-8-13(14)9-11/h3-6,11,13-14H,2,7-10H2,1H3,(H,17,18)/t11-,13-,14+/m0/s1. The lowest BCUT2D eigenvalue weighted by Gasteiger charge is -2.21. The average molecular weight is 243 g/mol. The van der Waals surface area contributed by atoms with Gasteiger partial charge >= 0.3 is 0 Å². The molecule has 0 spiro atoms. The van der Waals surface area contributed by atoms with Gasteiger partial charge in [-0.05, 0) is 49.1 Å². The molecule has 18 heavy (non-hydrogen) atoms. The molecule has 2 fully saturated rings. The van der Waals surface area contributed by atoms with Gasteiger partial charge in [0.1, 0.15) is 0 Å². The molecule has 1 aromatic carbocycles. The molecule has 2 heteroatoms. The zero-order chi connectivity index (χ0) is 12.5. The first kappa shape index (κ1) is 11.8. The van der Waals surface area contributed by atoms with Gasteiger partial charge in [-0.25, -0.2) is 0 Å². The zero-order valence-electron chi connectivity index (χ0n) is 11.0. The molecule has 1 N–H and O–H groups in total. The summed E-state index contributed by atoms with van der Waals surface area (Å²) >= 11 is 0. The van der Waals surface area contributed by atoms with E-state index in [1.807, 2.05) is 18.2 Å². The third kappa shape index (κ3) is 2.05. The topological polar surface area (TPSA) is 29.1 Å². The fraction of sp³-hybridized carbons (Fsp3) is 0.562. The number of benzene rings is 1. The Morgan fingerprint density at radius 3 is 2.78 bits per heavy atom. The predicted octanol–water partition coefficient (Wildman–Crippen LogP) is 3.62. The Balaban J connectivity index is 1.71. The summed E-state index contributed by atoms with van der Waals surface area (Å²) in [4.78, 5) is 12.4. The van der Waals surface area contributed by atoms with Crippen molar-refractivity contribution in [2.75, 3.05) is 5.32 Å². The monoisotopic (exact) mass is 243 g/mol. The van der Waals surface area contributed by atoms with Gasteiger partial charge in [-0.15, -0.1) is 0 Å². The molecule has 3 rings (SSSR count). The molecule has 0 heterocycles. The van der Waals surface area contributed by atoms with Gasteiger partial charge in [0.25, 0.3) is 0 Å². The molecular weight excluding hydrogens is 222 g/mol. The van der Waals surface area contributed by atoms with E-state index in [4.69, 9.17) is 0 Å². The summed E-state index contributed by atoms with van der Waals surface area (Å²) in [7, 11) is 0. The van der Waals surface area contributed by atoms with Gasteiger partial charge in [0, 0.05) is 11.6 Å². The Hall–Kier alpha value is -1.31. The first-order valence-electron chi connectivity index (χ1n) is 7.16. The van der Waals surface area contributed by atoms with E-state index in [-0.39, 0.29) is 11.8 Å². The number of para-hydroxylation sites is 1. The molecule has 1 aromatic rings. The zero-order valence-corrected chi connectivity index (χ0v) is 11.0. The molecule has 2 aliphatic rings. The van der Waals surface area contributed by atoms with Crippen LogP contribution in [0.2, 0.25) is 0 Å². The Kier molecular flexibility index (Phi) is 3.11. The minimum atomic E-state index is 0.253. The number of carbonyl (C=O) groups is 1. The number of carbonyl (C=O) groups excluding carboxylic acids is 1. The second-order valence-corrected chi connectivity index (χ2v) is 5.78. The summed E-state index contributed by atoms with van der Waals surface area (Å²) in [5.41, 5.74) is 2.24. The number of rotatable bonds is 3. The molecule has 2 saturated carbocycles. The van der Waals surface area contributed by atoms with Crippen molar-refractivity contribution in [2.24, 2.45) is 17.8 Å². The number of hydrogen-bond donors (Lipinski definition) is 1. The maximum atomic E-state index is 12.4. The van der Waals surface area contributed by atoms with Crippen LogP contribution < -0.4 is 5.32 Å². The van der Waals surface area contributed by atoms with Crippen LogP contribution in [0.5, 0.6) is 0 Å². The Labute approximate surface area is 109 Å². The van der Waals surface area contributed by atoms with Crippen LogP contribution >= 0.6 is 0 Å². The Morgan fingerprint density at radius 2 is 2.11 bits per heavy atom. The maximum absolute atomic E-state index is 12.4. The van der Waals surface area contributed by atoms with E-state index in [1.165, 1.54) is 24.8 Å². The third-order valence-electron chi connectivity index (χ3n) is 4.73. The minimum Gasteiger partial charge on any atom is -0.326 e. The molecule has 0 radical (unpaired) electrons. The lowest BCUT2D eigenvalue weighted by molar-refractivity contribution is -0.121. The smallest absolute Gasteiger partial charge is 0.227 e. The van der Waals surface area contributed by atoms with Crippen molar-refractivity contribution >= 4 is 11.6 Å². The summed E-state index contributed by atoms with van der Waals surface area (Å²) in [5, 5.41) is 3.15. The number of hydrogen-bond acceptors (Lipinski definition) is 1. The van der Waals surface area contributed by atoms with Crippen molar-refractivity contribution in [3.8, 4) is 0 Å². The molecule has 2 nitrogen and oxygen atoms in total. The highest BCUT2D eigenvalue weighted by molar-refractivity contribution is 5.93. The van der Waals surface area contributed by atoms with Gasteiger partial charge in [-0.1, -0.05) is 31.5 Å². The van der Waals surface area contributed by atoms with Gasteiger partial charge < -0.3 is 5.32 Å². The van der Waals surface area contributed by atoms with E-state index in [0.717, 1.165) is 24.4 Å². The van der Waals surface area contributed by atoms with Crippen LogP contribution in [0.3, 0.4) is 0 Å². The molecule has 1 amide bonds. The van der Waals surface area contributed by atoms with E-state index in [9.17, 15) is 4.79 Å². The van der Waals surface area contributed by atoms with Crippen LogP contribution in [0, 0.1) is 17.8 Å². The van der Waals surface area contributed by atoms with Gasteiger partial charge in [0.2, 0.25) is 5.91 Å². The first-order valence-corrected chi connectivity index (χ1v) is 7.16. The van der Waals surface area contributed by atoms with Crippen molar-refractivity contribution in [3.63, 3.8) is 0 Å². The molecule has 96 valence electrons. The quantitative estimate of drug-likeness (QED) is 0.863. The predicted molar refractivity (Wildman–Crippen MR) is 73.4 cm³/mol. The number of nitrogens with one attached hydrogen (secondary N) is 1. The Bertz CT molecular complexity index is 454. The maximum Gasteiger partial charge on any atom is 0.227 e. The van der Waals surface area contributed by atoms with Crippen LogP contribution in [-0.2, 0) is 11.2 Å². The van der Waals surface area contributed by atoms with Crippen LogP contribution in [0.25, 0.3) is 0 Å². The van der Waals surface area contributed by atoms with Gasteiger partial charge in [-0.2, -0.15) is 0 Å². The van der Waals surface area contributed by atoms with Crippen LogP contribution in [-0.4, -0.2) is 5.91 Å². The van der Waals surface area contributed by atoms with Crippen molar-refractivity contribution in [1.29, 1.82) is 0 Å². The first-order chi connectivity index (χ1) is 8.78. The largest absolute Gasteiger partial charge is 0.326 e. The lowest BCUT2D eigenvalue weighted by atomic mass is 9.88. The van der Waals surface area contributed by atoms with Crippen molar-refractivity contribution < 1.29 is 4.79 Å². The molecule has 0 saturated heterocycles. The van der Waals surface area contributed by atoms with Crippen LogP contribution in [0.15, 0.2) is 24.3 Å². The van der Waals surface area contributed by atoms with E-state index < -0.39 is 0 Å². The molecule has 0 aromatic heterocycles. The third-order valence-corrected chi connectivity index (χ3v) is 4.73. The minimum absolute atomic E-state index is 0.253.